The van der Waals surface area contributed by atoms with E-state index in [2.05, 4.69) is 0 Å². The molecule has 4 nitrogen and oxygen atoms in total. The Morgan fingerprint density at radius 3 is 0.429 bits per heavy atom. The summed E-state index contributed by atoms with van der Waals surface area (Å²) in [6, 6.07) is 0. The normalized spacial score (nSPS) is 0. The average Bonchev–Trinajstić information content (AvgIpc) is 0. The molecule has 0 heterocycles. The Morgan fingerprint density at radius 1 is 0.429 bits per heavy atom. The van der Waals surface area contributed by atoms with Crippen LogP contribution in [0.4, 0.5) is 0 Å². The van der Waals surface area contributed by atoms with Gasteiger partial charge in [0.2, 0.25) is 0 Å². The van der Waals surface area contributed by atoms with E-state index in [4.69, 9.17) is 0 Å². The van der Waals surface area contributed by atoms with Gasteiger partial charge in [-0.3, -0.25) is 0 Å². The second kappa shape index (κ2) is 80.8. The van der Waals surface area contributed by atoms with Gasteiger partial charge in [-0.25, -0.2) is 0 Å². The summed E-state index contributed by atoms with van der Waals surface area (Å²) in [6.45, 7) is 0. The predicted octanol–water partition coefficient (Wildman–Crippen LogP) is -1.24. The number of rotatable bonds is 0. The van der Waals surface area contributed by atoms with E-state index in [1.54, 1.807) is 0 Å². The molecule has 0 rings (SSSR count). The smallest absolute Gasteiger partial charge is 2.00 e. The van der Waals surface area contributed by atoms with Crippen LogP contribution in [0.1, 0.15) is 0 Å². The van der Waals surface area contributed by atoms with Gasteiger partial charge in [-0.05, 0) is 0 Å². The molecule has 0 aliphatic rings. The van der Waals surface area contributed by atoms with E-state index in [0.717, 1.165) is 0 Å². The third-order valence-corrected chi connectivity index (χ3v) is 0. The van der Waals surface area contributed by atoms with Crippen LogP contribution < -0.4 is 0 Å². The number of hydrogen-bond acceptors (Lipinski definition) is 0. The minimum Gasteiger partial charge on any atom is -2.00 e. The van der Waals surface area contributed by atoms with Gasteiger partial charge in [0, 0.05) is 0 Å². The summed E-state index contributed by atoms with van der Waals surface area (Å²) in [6.07, 6.45) is 0. The maximum Gasteiger partial charge on any atom is 6.00 e. The van der Waals surface area contributed by atoms with Gasteiger partial charge < -0.3 is 21.9 Å². The first-order chi connectivity index (χ1) is 0. The van der Waals surface area contributed by atoms with Crippen LogP contribution in [0.3, 0.4) is 0 Å². The maximum atomic E-state index is 0. The quantitative estimate of drug-likeness (QED) is 0.291. The monoisotopic (exact) mass is 658 g/mol. The van der Waals surface area contributed by atoms with Crippen molar-refractivity contribution in [1.82, 2.24) is 0 Å². The van der Waals surface area contributed by atoms with Crippen LogP contribution in [0.15, 0.2) is 0 Å². The molecular formula is O4Tl2W. The van der Waals surface area contributed by atoms with Crippen molar-refractivity contribution in [1.29, 1.82) is 0 Å². The molecule has 7 heteroatoms. The molecule has 0 unspecified atom stereocenters. The summed E-state index contributed by atoms with van der Waals surface area (Å²) in [7, 11) is 0. The van der Waals surface area contributed by atoms with E-state index in [0.29, 0.717) is 0 Å². The summed E-state index contributed by atoms with van der Waals surface area (Å²) in [4.78, 5) is 0. The molecule has 0 amide bonds. The SMILES string of the molecule is [O-2].[O-2].[O-2].[O-2].[Tl+].[Tl+].[W+6]. The standard InChI is InChI=1S/4O.2Tl.W/q4*-2;2*+1;+6. The summed E-state index contributed by atoms with van der Waals surface area (Å²) in [5, 5.41) is 0. The van der Waals surface area contributed by atoms with Crippen molar-refractivity contribution in [2.24, 2.45) is 0 Å². The fourth-order valence-electron chi connectivity index (χ4n) is 0. The second-order valence-corrected chi connectivity index (χ2v) is 0. The van der Waals surface area contributed by atoms with Gasteiger partial charge in [-0.1, -0.05) is 0 Å². The Morgan fingerprint density at radius 2 is 0.429 bits per heavy atom. The molecule has 0 aliphatic carbocycles. The van der Waals surface area contributed by atoms with Crippen LogP contribution in [0.2, 0.25) is 0 Å². The van der Waals surface area contributed by atoms with Gasteiger partial charge in [0.05, 0.1) is 0 Å². The first-order valence-electron chi connectivity index (χ1n) is 0. The van der Waals surface area contributed by atoms with E-state index in [-0.39, 0.29) is 97.6 Å². The summed E-state index contributed by atoms with van der Waals surface area (Å²) in [5.41, 5.74) is 0. The Bertz CT molecular complexity index is 9.65. The third kappa shape index (κ3) is 60.4. The van der Waals surface area contributed by atoms with Gasteiger partial charge in [-0.2, -0.15) is 0 Å². The van der Waals surface area contributed by atoms with Gasteiger partial charge >= 0.3 is 75.7 Å². The molecule has 0 fully saturated rings. The van der Waals surface area contributed by atoms with Crippen LogP contribution in [0, 0.1) is 0 Å². The third-order valence-electron chi connectivity index (χ3n) is 0. The average molecular weight is 657 g/mol. The van der Waals surface area contributed by atoms with E-state index >= 15 is 0 Å². The van der Waals surface area contributed by atoms with Crippen LogP contribution in [-0.4, -0.2) is 54.6 Å². The minimum atomic E-state index is 0. The molecule has 0 aromatic carbocycles. The Hall–Kier alpha value is 2.37. The van der Waals surface area contributed by atoms with Gasteiger partial charge in [0.1, 0.15) is 0 Å². The second-order valence-electron chi connectivity index (χ2n) is 0. The molecule has 0 aliphatic heterocycles. The van der Waals surface area contributed by atoms with Crippen LogP contribution >= 0.6 is 0 Å². The topological polar surface area (TPSA) is 114 Å². The van der Waals surface area contributed by atoms with Crippen molar-refractivity contribution in [3.05, 3.63) is 0 Å². The van der Waals surface area contributed by atoms with Crippen molar-refractivity contribution in [2.75, 3.05) is 0 Å². The number of hydrogen-bond donors (Lipinski definition) is 0. The largest absolute Gasteiger partial charge is 6.00 e. The molecule has 0 bridgehead atoms. The molecule has 0 saturated carbocycles. The molecule has 0 saturated heterocycles. The molecule has 0 N–H and O–H groups in total. The molecule has 0 radical (unpaired) electrons. The predicted molar refractivity (Wildman–Crippen MR) is 14.3 cm³/mol. The maximum absolute atomic E-state index is 0. The van der Waals surface area contributed by atoms with Gasteiger partial charge in [0.15, 0.2) is 0 Å². The zero-order chi connectivity index (χ0) is 0. The first-order valence-corrected chi connectivity index (χ1v) is 0. The minimum absolute atomic E-state index is 0. The van der Waals surface area contributed by atoms with Crippen molar-refractivity contribution in [3.63, 3.8) is 0 Å². The van der Waals surface area contributed by atoms with E-state index < -0.39 is 0 Å². The Balaban J connectivity index is 0. The van der Waals surface area contributed by atoms with Crippen molar-refractivity contribution in [2.45, 2.75) is 0 Å². The zero-order valence-corrected chi connectivity index (χ0v) is 15.1. The molecule has 7 heavy (non-hydrogen) atoms. The first kappa shape index (κ1) is 117. The van der Waals surface area contributed by atoms with Crippen molar-refractivity contribution < 1.29 is 43.0 Å². The van der Waals surface area contributed by atoms with Gasteiger partial charge in [0.25, 0.3) is 0 Å². The van der Waals surface area contributed by atoms with E-state index in [1.165, 1.54) is 0 Å². The zero-order valence-electron chi connectivity index (χ0n) is 3.20. The van der Waals surface area contributed by atoms with Gasteiger partial charge in [-0.15, -0.1) is 0 Å². The molecule has 0 spiro atoms. The summed E-state index contributed by atoms with van der Waals surface area (Å²) in [5.74, 6) is 0. The molecule has 0 atom stereocenters. The fraction of sp³-hybridized carbons (Fsp3) is 0. The van der Waals surface area contributed by atoms with E-state index in [1.807, 2.05) is 0 Å². The Labute approximate surface area is 96.2 Å². The molecule has 0 aromatic rings. The molecular weight excluding hydrogens is 657 g/mol. The summed E-state index contributed by atoms with van der Waals surface area (Å²) >= 11 is 0. The van der Waals surface area contributed by atoms with Crippen LogP contribution in [0.5, 0.6) is 0 Å². The van der Waals surface area contributed by atoms with Crippen LogP contribution in [0.25, 0.3) is 0 Å². The van der Waals surface area contributed by atoms with Crippen molar-refractivity contribution >= 4 is 54.6 Å². The Kier molecular flexibility index (Phi) is 1350. The summed E-state index contributed by atoms with van der Waals surface area (Å²) < 4.78 is 0. The molecule has 0 aromatic heterocycles. The van der Waals surface area contributed by atoms with E-state index in [9.17, 15) is 0 Å². The van der Waals surface area contributed by atoms with Crippen molar-refractivity contribution in [3.8, 4) is 0 Å². The fourth-order valence-corrected chi connectivity index (χ4v) is 0. The van der Waals surface area contributed by atoms with Crippen LogP contribution in [-0.2, 0) is 43.0 Å². The molecule has 36 valence electrons.